The van der Waals surface area contributed by atoms with E-state index in [1.807, 2.05) is 18.2 Å². The normalized spacial score (nSPS) is 10.9. The number of carbonyl (C=O) groups is 1. The molecule has 0 spiro atoms. The summed E-state index contributed by atoms with van der Waals surface area (Å²) in [4.78, 5) is 14.6. The third-order valence-corrected chi connectivity index (χ3v) is 3.41. The highest BCUT2D eigenvalue weighted by molar-refractivity contribution is 5.95. The summed E-state index contributed by atoms with van der Waals surface area (Å²) in [5, 5.41) is 24.4. The molecule has 2 aromatic heterocycles. The molecule has 0 aliphatic rings. The number of hydrogen-bond acceptors (Lipinski definition) is 5. The molecule has 0 aliphatic heterocycles. The second-order valence-corrected chi connectivity index (χ2v) is 5.15. The number of nitrogens with two attached hydrogens (primary N) is 1. The summed E-state index contributed by atoms with van der Waals surface area (Å²) < 4.78 is 1.65. The Kier molecular flexibility index (Phi) is 4.34. The van der Waals surface area contributed by atoms with Crippen LogP contribution in [0.3, 0.4) is 0 Å². The number of hydrogen-bond donors (Lipinski definition) is 3. The highest BCUT2D eigenvalue weighted by Gasteiger charge is 2.05. The number of aliphatic carboxylic acids is 1. The molecule has 0 saturated heterocycles. The molecule has 25 heavy (non-hydrogen) atoms. The number of carboxylic acid groups (broad SMARTS) is 1. The second kappa shape index (κ2) is 6.75. The predicted molar refractivity (Wildman–Crippen MR) is 92.3 cm³/mol. The average molecular weight is 334 g/mol. The van der Waals surface area contributed by atoms with Crippen molar-refractivity contribution >= 4 is 17.9 Å². The van der Waals surface area contributed by atoms with Crippen molar-refractivity contribution in [1.29, 1.82) is 5.41 Å². The van der Waals surface area contributed by atoms with E-state index in [2.05, 4.69) is 15.2 Å². The van der Waals surface area contributed by atoms with Crippen molar-refractivity contribution in [1.82, 2.24) is 19.7 Å². The number of amidine groups is 1. The van der Waals surface area contributed by atoms with Gasteiger partial charge in [0, 0.05) is 23.4 Å². The molecular formula is C17H14N6O2. The molecule has 0 amide bonds. The van der Waals surface area contributed by atoms with E-state index in [1.54, 1.807) is 29.0 Å². The van der Waals surface area contributed by atoms with E-state index in [0.717, 1.165) is 11.6 Å². The summed E-state index contributed by atoms with van der Waals surface area (Å²) in [6, 6.07) is 10.8. The van der Waals surface area contributed by atoms with Crippen LogP contribution in [0.15, 0.2) is 55.0 Å². The molecular weight excluding hydrogens is 320 g/mol. The van der Waals surface area contributed by atoms with Crippen LogP contribution in [0.25, 0.3) is 23.2 Å². The Morgan fingerprint density at radius 1 is 1.16 bits per heavy atom. The zero-order valence-electron chi connectivity index (χ0n) is 13.0. The lowest BCUT2D eigenvalue weighted by Crippen LogP contribution is -2.10. The minimum atomic E-state index is -1.03. The fourth-order valence-corrected chi connectivity index (χ4v) is 2.14. The molecule has 8 heteroatoms. The first-order valence-corrected chi connectivity index (χ1v) is 7.27. The maximum Gasteiger partial charge on any atom is 0.328 e. The van der Waals surface area contributed by atoms with Gasteiger partial charge in [0.1, 0.15) is 12.2 Å². The number of benzene rings is 1. The molecule has 3 rings (SSSR count). The van der Waals surface area contributed by atoms with E-state index in [9.17, 15) is 4.79 Å². The van der Waals surface area contributed by atoms with Gasteiger partial charge < -0.3 is 10.8 Å². The lowest BCUT2D eigenvalue weighted by molar-refractivity contribution is -0.131. The van der Waals surface area contributed by atoms with Gasteiger partial charge in [-0.05, 0) is 18.2 Å². The Morgan fingerprint density at radius 3 is 2.52 bits per heavy atom. The number of nitrogen functional groups attached to an aromatic ring is 1. The number of imidazole rings is 1. The van der Waals surface area contributed by atoms with Crippen LogP contribution in [0.4, 0.5) is 0 Å². The van der Waals surface area contributed by atoms with Crippen molar-refractivity contribution in [2.24, 2.45) is 5.73 Å². The van der Waals surface area contributed by atoms with Gasteiger partial charge in [0.25, 0.3) is 0 Å². The zero-order valence-corrected chi connectivity index (χ0v) is 13.0. The first-order valence-electron chi connectivity index (χ1n) is 7.27. The molecule has 0 saturated carbocycles. The molecule has 1 aromatic carbocycles. The fraction of sp³-hybridized carbons (Fsp3) is 0. The topological polar surface area (TPSA) is 131 Å². The van der Waals surface area contributed by atoms with Crippen LogP contribution in [0.1, 0.15) is 11.3 Å². The molecule has 3 aromatic rings. The molecule has 0 aliphatic carbocycles. The Balaban J connectivity index is 1.80. The fourth-order valence-electron chi connectivity index (χ4n) is 2.14. The van der Waals surface area contributed by atoms with Crippen molar-refractivity contribution in [2.45, 2.75) is 0 Å². The molecule has 0 atom stereocenters. The van der Waals surface area contributed by atoms with Gasteiger partial charge in [0.15, 0.2) is 5.82 Å². The highest BCUT2D eigenvalue weighted by Crippen LogP contribution is 2.18. The number of nitrogens with zero attached hydrogens (tertiary/aromatic N) is 4. The molecule has 4 N–H and O–H groups in total. The van der Waals surface area contributed by atoms with Crippen molar-refractivity contribution < 1.29 is 9.90 Å². The van der Waals surface area contributed by atoms with Gasteiger partial charge in [-0.1, -0.05) is 24.3 Å². The third kappa shape index (κ3) is 3.75. The molecule has 124 valence electrons. The van der Waals surface area contributed by atoms with Gasteiger partial charge in [0.05, 0.1) is 11.4 Å². The Morgan fingerprint density at radius 2 is 1.92 bits per heavy atom. The van der Waals surface area contributed by atoms with Crippen LogP contribution in [-0.2, 0) is 4.79 Å². The minimum absolute atomic E-state index is 0.0147. The Labute approximate surface area is 142 Å². The van der Waals surface area contributed by atoms with Gasteiger partial charge in [-0.3, -0.25) is 9.98 Å². The van der Waals surface area contributed by atoms with Crippen LogP contribution in [0, 0.1) is 5.41 Å². The quantitative estimate of drug-likeness (QED) is 0.370. The first-order chi connectivity index (χ1) is 12.0. The number of rotatable bonds is 5. The lowest BCUT2D eigenvalue weighted by Gasteiger charge is -2.04. The van der Waals surface area contributed by atoms with Crippen molar-refractivity contribution in [3.63, 3.8) is 0 Å². The largest absolute Gasteiger partial charge is 0.478 e. The summed E-state index contributed by atoms with van der Waals surface area (Å²) in [5.41, 5.74) is 8.14. The van der Waals surface area contributed by atoms with Crippen LogP contribution in [0.5, 0.6) is 0 Å². The number of nitrogens with one attached hydrogen (secondary N) is 1. The first kappa shape index (κ1) is 16.1. The van der Waals surface area contributed by atoms with E-state index < -0.39 is 5.97 Å². The van der Waals surface area contributed by atoms with Crippen LogP contribution < -0.4 is 5.73 Å². The maximum absolute atomic E-state index is 10.5. The van der Waals surface area contributed by atoms with Crippen LogP contribution in [0.2, 0.25) is 0 Å². The van der Waals surface area contributed by atoms with Crippen molar-refractivity contribution in [3.05, 3.63) is 66.3 Å². The Bertz CT molecular complexity index is 942. The predicted octanol–water partition coefficient (Wildman–Crippen LogP) is 1.71. The molecule has 0 fully saturated rings. The van der Waals surface area contributed by atoms with Gasteiger partial charge >= 0.3 is 5.97 Å². The average Bonchev–Trinajstić information content (AvgIpc) is 3.09. The summed E-state index contributed by atoms with van der Waals surface area (Å²) in [6.07, 6.45) is 5.61. The maximum atomic E-state index is 10.5. The molecule has 0 bridgehead atoms. The van der Waals surface area contributed by atoms with Gasteiger partial charge in [-0.2, -0.15) is 0 Å². The lowest BCUT2D eigenvalue weighted by atomic mass is 10.1. The summed E-state index contributed by atoms with van der Waals surface area (Å²) in [7, 11) is 0. The van der Waals surface area contributed by atoms with Gasteiger partial charge in [0.2, 0.25) is 0 Å². The van der Waals surface area contributed by atoms with E-state index >= 15 is 0 Å². The standard InChI is InChI=1S/C17H14N6O2/c18-17(19)12-3-1-11(2-4-12)14-6-7-15(22-21-14)23-9-13(20-10-23)5-8-16(24)25/h1-10H,(H3,18,19)(H,24,25). The minimum Gasteiger partial charge on any atom is -0.478 e. The van der Waals surface area contributed by atoms with Crippen LogP contribution >= 0.6 is 0 Å². The SMILES string of the molecule is N=C(N)c1ccc(-c2ccc(-n3cnc(C=CC(=O)O)c3)nn2)cc1. The summed E-state index contributed by atoms with van der Waals surface area (Å²) in [5.74, 6) is -0.457. The second-order valence-electron chi connectivity index (χ2n) is 5.15. The third-order valence-electron chi connectivity index (χ3n) is 3.41. The monoisotopic (exact) mass is 334 g/mol. The van der Waals surface area contributed by atoms with E-state index in [4.69, 9.17) is 16.2 Å². The van der Waals surface area contributed by atoms with E-state index in [-0.39, 0.29) is 5.84 Å². The van der Waals surface area contributed by atoms with E-state index in [0.29, 0.717) is 22.8 Å². The summed E-state index contributed by atoms with van der Waals surface area (Å²) >= 11 is 0. The van der Waals surface area contributed by atoms with Crippen LogP contribution in [-0.4, -0.2) is 36.7 Å². The Hall–Kier alpha value is -3.81. The molecule has 0 radical (unpaired) electrons. The number of carboxylic acids is 1. The van der Waals surface area contributed by atoms with Crippen molar-refractivity contribution in [3.8, 4) is 17.1 Å². The summed E-state index contributed by atoms with van der Waals surface area (Å²) in [6.45, 7) is 0. The van der Waals surface area contributed by atoms with Crippen molar-refractivity contribution in [2.75, 3.05) is 0 Å². The van der Waals surface area contributed by atoms with Gasteiger partial charge in [-0.15, -0.1) is 10.2 Å². The van der Waals surface area contributed by atoms with E-state index in [1.165, 1.54) is 12.4 Å². The molecule has 2 heterocycles. The number of aromatic nitrogens is 4. The zero-order chi connectivity index (χ0) is 17.8. The van der Waals surface area contributed by atoms with Gasteiger partial charge in [-0.25, -0.2) is 9.78 Å². The smallest absolute Gasteiger partial charge is 0.328 e. The highest BCUT2D eigenvalue weighted by atomic mass is 16.4. The molecule has 8 nitrogen and oxygen atoms in total. The molecule has 0 unspecified atom stereocenters.